The van der Waals surface area contributed by atoms with Crippen LogP contribution >= 0.6 is 24.4 Å². The third kappa shape index (κ3) is 1.61. The standard InChI is InChI=1S/C6H10O2S2/c7-6(8)5-3-10-2-4(5)1-9/h4-5,9H,1-3H2,(H,7,8)/t4-,5-/m1/s1. The molecule has 1 heterocycles. The number of thiol groups is 1. The first-order chi connectivity index (χ1) is 4.75. The van der Waals surface area contributed by atoms with Crippen LogP contribution in [-0.4, -0.2) is 28.3 Å². The van der Waals surface area contributed by atoms with E-state index in [1.54, 1.807) is 11.8 Å². The van der Waals surface area contributed by atoms with E-state index in [1.807, 2.05) is 0 Å². The monoisotopic (exact) mass is 178 g/mol. The first kappa shape index (κ1) is 8.27. The van der Waals surface area contributed by atoms with Gasteiger partial charge in [-0.05, 0) is 17.4 Å². The molecule has 0 aromatic rings. The number of rotatable bonds is 2. The molecule has 2 nitrogen and oxygen atoms in total. The van der Waals surface area contributed by atoms with Gasteiger partial charge in [0.1, 0.15) is 0 Å². The van der Waals surface area contributed by atoms with Crippen molar-refractivity contribution in [1.82, 2.24) is 0 Å². The van der Waals surface area contributed by atoms with Crippen molar-refractivity contribution in [2.75, 3.05) is 17.3 Å². The second-order valence-corrected chi connectivity index (χ2v) is 3.86. The minimum Gasteiger partial charge on any atom is -0.481 e. The quantitative estimate of drug-likeness (QED) is 0.619. The molecule has 0 saturated carbocycles. The zero-order chi connectivity index (χ0) is 7.56. The fraction of sp³-hybridized carbons (Fsp3) is 0.833. The molecule has 0 bridgehead atoms. The summed E-state index contributed by atoms with van der Waals surface area (Å²) in [5, 5.41) is 8.67. The Balaban J connectivity index is 2.50. The van der Waals surface area contributed by atoms with Crippen LogP contribution in [0.5, 0.6) is 0 Å². The highest BCUT2D eigenvalue weighted by Gasteiger charge is 2.32. The lowest BCUT2D eigenvalue weighted by molar-refractivity contribution is -0.141. The second-order valence-electron chi connectivity index (χ2n) is 2.42. The van der Waals surface area contributed by atoms with Gasteiger partial charge in [-0.25, -0.2) is 0 Å². The van der Waals surface area contributed by atoms with Gasteiger partial charge >= 0.3 is 5.97 Å². The highest BCUT2D eigenvalue weighted by atomic mass is 32.2. The number of hydrogen-bond donors (Lipinski definition) is 2. The van der Waals surface area contributed by atoms with Crippen LogP contribution in [0.4, 0.5) is 0 Å². The summed E-state index contributed by atoms with van der Waals surface area (Å²) in [6.45, 7) is 0. The van der Waals surface area contributed by atoms with Crippen LogP contribution < -0.4 is 0 Å². The van der Waals surface area contributed by atoms with E-state index in [9.17, 15) is 4.79 Å². The van der Waals surface area contributed by atoms with E-state index in [4.69, 9.17) is 5.11 Å². The smallest absolute Gasteiger partial charge is 0.307 e. The highest BCUT2D eigenvalue weighted by molar-refractivity contribution is 7.99. The Hall–Kier alpha value is 0.170. The summed E-state index contributed by atoms with van der Waals surface area (Å²) >= 11 is 5.81. The largest absolute Gasteiger partial charge is 0.481 e. The summed E-state index contributed by atoms with van der Waals surface area (Å²) in [7, 11) is 0. The molecule has 1 aliphatic rings. The van der Waals surface area contributed by atoms with Crippen molar-refractivity contribution >= 4 is 30.4 Å². The Bertz CT molecular complexity index is 138. The molecule has 0 aromatic heterocycles. The van der Waals surface area contributed by atoms with Gasteiger partial charge in [-0.3, -0.25) is 4.79 Å². The van der Waals surface area contributed by atoms with Gasteiger partial charge in [-0.15, -0.1) is 0 Å². The van der Waals surface area contributed by atoms with Crippen molar-refractivity contribution in [2.24, 2.45) is 11.8 Å². The van der Waals surface area contributed by atoms with Crippen LogP contribution in [0, 0.1) is 11.8 Å². The molecule has 58 valence electrons. The zero-order valence-corrected chi connectivity index (χ0v) is 7.20. The molecule has 1 N–H and O–H groups in total. The fourth-order valence-electron chi connectivity index (χ4n) is 1.05. The maximum atomic E-state index is 10.5. The topological polar surface area (TPSA) is 37.3 Å². The highest BCUT2D eigenvalue weighted by Crippen LogP contribution is 2.30. The minimum atomic E-state index is -0.663. The van der Waals surface area contributed by atoms with E-state index >= 15 is 0 Å². The van der Waals surface area contributed by atoms with Gasteiger partial charge in [0.25, 0.3) is 0 Å². The van der Waals surface area contributed by atoms with Crippen LogP contribution in [0.25, 0.3) is 0 Å². The van der Waals surface area contributed by atoms with Crippen molar-refractivity contribution < 1.29 is 9.90 Å². The average molecular weight is 178 g/mol. The molecule has 1 saturated heterocycles. The number of carboxylic acid groups (broad SMARTS) is 1. The molecular weight excluding hydrogens is 168 g/mol. The molecule has 10 heavy (non-hydrogen) atoms. The average Bonchev–Trinajstić information content (AvgIpc) is 2.33. The van der Waals surface area contributed by atoms with E-state index in [-0.39, 0.29) is 11.8 Å². The molecule has 1 aliphatic heterocycles. The zero-order valence-electron chi connectivity index (χ0n) is 5.49. The van der Waals surface area contributed by atoms with E-state index < -0.39 is 5.97 Å². The third-order valence-corrected chi connectivity index (χ3v) is 3.48. The molecule has 1 rings (SSSR count). The Morgan fingerprint density at radius 1 is 1.70 bits per heavy atom. The van der Waals surface area contributed by atoms with Crippen molar-refractivity contribution in [3.63, 3.8) is 0 Å². The van der Waals surface area contributed by atoms with Crippen molar-refractivity contribution in [3.8, 4) is 0 Å². The maximum absolute atomic E-state index is 10.5. The SMILES string of the molecule is O=C(O)[C@@H]1CSC[C@H]1CS. The number of aliphatic carboxylic acids is 1. The summed E-state index contributed by atoms with van der Waals surface area (Å²) in [5.74, 6) is 1.89. The molecule has 2 atom stereocenters. The van der Waals surface area contributed by atoms with Crippen molar-refractivity contribution in [1.29, 1.82) is 0 Å². The molecule has 0 radical (unpaired) electrons. The summed E-state index contributed by atoms with van der Waals surface area (Å²) < 4.78 is 0. The van der Waals surface area contributed by atoms with Gasteiger partial charge in [0.05, 0.1) is 5.92 Å². The Morgan fingerprint density at radius 3 is 2.80 bits per heavy atom. The predicted octanol–water partition coefficient (Wildman–Crippen LogP) is 0.980. The summed E-state index contributed by atoms with van der Waals surface area (Å²) in [6.07, 6.45) is 0. The molecule has 0 spiro atoms. The van der Waals surface area contributed by atoms with Gasteiger partial charge < -0.3 is 5.11 Å². The lowest BCUT2D eigenvalue weighted by Crippen LogP contribution is -2.22. The van der Waals surface area contributed by atoms with Gasteiger partial charge in [0.2, 0.25) is 0 Å². The van der Waals surface area contributed by atoms with Crippen LogP contribution in [0.15, 0.2) is 0 Å². The Morgan fingerprint density at radius 2 is 2.40 bits per heavy atom. The van der Waals surface area contributed by atoms with Crippen molar-refractivity contribution in [2.45, 2.75) is 0 Å². The summed E-state index contributed by atoms with van der Waals surface area (Å²) in [4.78, 5) is 10.5. The van der Waals surface area contributed by atoms with Crippen LogP contribution in [-0.2, 0) is 4.79 Å². The summed E-state index contributed by atoms with van der Waals surface area (Å²) in [5.41, 5.74) is 0. The van der Waals surface area contributed by atoms with Crippen LogP contribution in [0.1, 0.15) is 0 Å². The Kier molecular flexibility index (Phi) is 2.92. The van der Waals surface area contributed by atoms with Gasteiger partial charge in [-0.2, -0.15) is 24.4 Å². The molecule has 1 fully saturated rings. The normalized spacial score (nSPS) is 32.5. The van der Waals surface area contributed by atoms with Gasteiger partial charge in [0.15, 0.2) is 0 Å². The first-order valence-electron chi connectivity index (χ1n) is 3.17. The molecule has 0 unspecified atom stereocenters. The van der Waals surface area contributed by atoms with Gasteiger partial charge in [-0.1, -0.05) is 0 Å². The van der Waals surface area contributed by atoms with E-state index in [0.29, 0.717) is 5.75 Å². The first-order valence-corrected chi connectivity index (χ1v) is 4.96. The molecular formula is C6H10O2S2. The number of carbonyl (C=O) groups is 1. The van der Waals surface area contributed by atoms with Crippen LogP contribution in [0.3, 0.4) is 0 Å². The summed E-state index contributed by atoms with van der Waals surface area (Å²) in [6, 6.07) is 0. The number of thioether (sulfide) groups is 1. The number of hydrogen-bond acceptors (Lipinski definition) is 3. The molecule has 4 heteroatoms. The lowest BCUT2D eigenvalue weighted by atomic mass is 9.98. The van der Waals surface area contributed by atoms with Crippen LogP contribution in [0.2, 0.25) is 0 Å². The lowest BCUT2D eigenvalue weighted by Gasteiger charge is -2.09. The minimum absolute atomic E-state index is 0.150. The van der Waals surface area contributed by atoms with E-state index in [0.717, 1.165) is 11.5 Å². The van der Waals surface area contributed by atoms with Crippen molar-refractivity contribution in [3.05, 3.63) is 0 Å². The third-order valence-electron chi connectivity index (χ3n) is 1.75. The predicted molar refractivity (Wildman–Crippen MR) is 45.8 cm³/mol. The molecule has 0 amide bonds. The van der Waals surface area contributed by atoms with Gasteiger partial charge in [0, 0.05) is 5.75 Å². The van der Waals surface area contributed by atoms with E-state index in [1.165, 1.54) is 0 Å². The maximum Gasteiger partial charge on any atom is 0.307 e. The second kappa shape index (κ2) is 3.53. The molecule has 0 aromatic carbocycles. The number of carboxylic acids is 1. The Labute approximate surface area is 69.8 Å². The molecule has 0 aliphatic carbocycles. The fourth-order valence-corrected chi connectivity index (χ4v) is 3.07. The van der Waals surface area contributed by atoms with E-state index in [2.05, 4.69) is 12.6 Å².